The third-order valence-electron chi connectivity index (χ3n) is 4.71. The predicted molar refractivity (Wildman–Crippen MR) is 117 cm³/mol. The van der Waals surface area contributed by atoms with Crippen molar-refractivity contribution in [1.82, 2.24) is 10.2 Å². The summed E-state index contributed by atoms with van der Waals surface area (Å²) in [6.07, 6.45) is 2.23. The molecule has 0 heterocycles. The van der Waals surface area contributed by atoms with Crippen LogP contribution in [-0.4, -0.2) is 29.3 Å². The van der Waals surface area contributed by atoms with Crippen LogP contribution in [0.4, 0.5) is 0 Å². The van der Waals surface area contributed by atoms with E-state index >= 15 is 0 Å². The van der Waals surface area contributed by atoms with Crippen LogP contribution in [0, 0.1) is 6.92 Å². The number of hydrogen-bond acceptors (Lipinski definition) is 2. The molecule has 0 saturated heterocycles. The fourth-order valence-corrected chi connectivity index (χ4v) is 3.38. The van der Waals surface area contributed by atoms with Crippen LogP contribution in [0.15, 0.2) is 53.0 Å². The SMILES string of the molecule is CCCCNC(=O)C(C)N(Cc1cccc(Br)c1)C(=O)Cc1ccc(C)cc1. The van der Waals surface area contributed by atoms with Crippen molar-refractivity contribution in [3.05, 3.63) is 69.7 Å². The second kappa shape index (κ2) is 11.0. The Morgan fingerprint density at radius 2 is 1.82 bits per heavy atom. The quantitative estimate of drug-likeness (QED) is 0.572. The lowest BCUT2D eigenvalue weighted by molar-refractivity contribution is -0.140. The number of amides is 2. The Kier molecular flexibility index (Phi) is 8.71. The molecule has 150 valence electrons. The van der Waals surface area contributed by atoms with Gasteiger partial charge in [-0.1, -0.05) is 71.2 Å². The van der Waals surface area contributed by atoms with Crippen molar-refractivity contribution in [3.8, 4) is 0 Å². The molecule has 0 aliphatic rings. The molecular formula is C23H29BrN2O2. The number of nitrogens with one attached hydrogen (secondary N) is 1. The molecular weight excluding hydrogens is 416 g/mol. The van der Waals surface area contributed by atoms with Crippen molar-refractivity contribution in [2.75, 3.05) is 6.54 Å². The van der Waals surface area contributed by atoms with E-state index < -0.39 is 6.04 Å². The molecule has 2 aromatic rings. The van der Waals surface area contributed by atoms with Crippen molar-refractivity contribution >= 4 is 27.7 Å². The largest absolute Gasteiger partial charge is 0.354 e. The van der Waals surface area contributed by atoms with E-state index in [1.54, 1.807) is 11.8 Å². The number of halogens is 1. The molecule has 0 radical (unpaired) electrons. The Bertz CT molecular complexity index is 789. The molecule has 0 aliphatic heterocycles. The van der Waals surface area contributed by atoms with E-state index in [-0.39, 0.29) is 18.2 Å². The van der Waals surface area contributed by atoms with E-state index in [1.165, 1.54) is 0 Å². The normalized spacial score (nSPS) is 11.7. The lowest BCUT2D eigenvalue weighted by atomic mass is 10.1. The summed E-state index contributed by atoms with van der Waals surface area (Å²) in [6, 6.07) is 15.2. The average molecular weight is 445 g/mol. The van der Waals surface area contributed by atoms with E-state index in [9.17, 15) is 9.59 Å². The maximum Gasteiger partial charge on any atom is 0.242 e. The predicted octanol–water partition coefficient (Wildman–Crippen LogP) is 4.63. The molecule has 0 fully saturated rings. The zero-order valence-corrected chi connectivity index (χ0v) is 18.5. The molecule has 28 heavy (non-hydrogen) atoms. The summed E-state index contributed by atoms with van der Waals surface area (Å²) in [5.41, 5.74) is 3.10. The summed E-state index contributed by atoms with van der Waals surface area (Å²) in [6.45, 7) is 6.93. The van der Waals surface area contributed by atoms with Crippen molar-refractivity contribution in [2.24, 2.45) is 0 Å². The van der Waals surface area contributed by atoms with Gasteiger partial charge in [0.05, 0.1) is 6.42 Å². The smallest absolute Gasteiger partial charge is 0.242 e. The van der Waals surface area contributed by atoms with Crippen molar-refractivity contribution in [2.45, 2.75) is 52.6 Å². The van der Waals surface area contributed by atoms with E-state index in [2.05, 4.69) is 28.2 Å². The van der Waals surface area contributed by atoms with Crippen LogP contribution in [0.25, 0.3) is 0 Å². The Morgan fingerprint density at radius 3 is 2.46 bits per heavy atom. The summed E-state index contributed by atoms with van der Waals surface area (Å²) >= 11 is 3.48. The lowest BCUT2D eigenvalue weighted by Crippen LogP contribution is -2.48. The molecule has 0 aliphatic carbocycles. The molecule has 4 nitrogen and oxygen atoms in total. The highest BCUT2D eigenvalue weighted by Crippen LogP contribution is 2.16. The molecule has 1 unspecified atom stereocenters. The van der Waals surface area contributed by atoms with E-state index in [4.69, 9.17) is 0 Å². The molecule has 2 rings (SSSR count). The minimum Gasteiger partial charge on any atom is -0.354 e. The maximum atomic E-state index is 13.1. The highest BCUT2D eigenvalue weighted by Gasteiger charge is 2.26. The molecule has 1 atom stereocenters. The number of unbranched alkanes of at least 4 members (excludes halogenated alkanes) is 1. The van der Waals surface area contributed by atoms with Crippen LogP contribution < -0.4 is 5.32 Å². The van der Waals surface area contributed by atoms with Gasteiger partial charge in [-0.25, -0.2) is 0 Å². The Hall–Kier alpha value is -2.14. The molecule has 0 bridgehead atoms. The Balaban J connectivity index is 2.17. The number of carbonyl (C=O) groups excluding carboxylic acids is 2. The third-order valence-corrected chi connectivity index (χ3v) is 5.21. The number of aryl methyl sites for hydroxylation is 1. The number of nitrogens with zero attached hydrogens (tertiary/aromatic N) is 1. The molecule has 5 heteroatoms. The highest BCUT2D eigenvalue weighted by molar-refractivity contribution is 9.10. The van der Waals surface area contributed by atoms with Crippen LogP contribution in [0.5, 0.6) is 0 Å². The zero-order valence-electron chi connectivity index (χ0n) is 16.9. The number of benzene rings is 2. The first kappa shape index (κ1) is 22.2. The molecule has 0 saturated carbocycles. The van der Waals surface area contributed by atoms with Crippen LogP contribution in [0.1, 0.15) is 43.4 Å². The van der Waals surface area contributed by atoms with Gasteiger partial charge in [-0.05, 0) is 43.5 Å². The van der Waals surface area contributed by atoms with Gasteiger partial charge in [-0.2, -0.15) is 0 Å². The van der Waals surface area contributed by atoms with Crippen molar-refractivity contribution in [1.29, 1.82) is 0 Å². The topological polar surface area (TPSA) is 49.4 Å². The minimum absolute atomic E-state index is 0.0537. The van der Waals surface area contributed by atoms with Crippen molar-refractivity contribution < 1.29 is 9.59 Å². The lowest BCUT2D eigenvalue weighted by Gasteiger charge is -2.29. The standard InChI is InChI=1S/C23H29BrN2O2/c1-4-5-13-25-23(28)18(3)26(16-20-7-6-8-21(24)14-20)22(27)15-19-11-9-17(2)10-12-19/h6-12,14,18H,4-5,13,15-16H2,1-3H3,(H,25,28). The Labute approximate surface area is 176 Å². The van der Waals surface area contributed by atoms with Gasteiger partial charge in [0.25, 0.3) is 0 Å². The Morgan fingerprint density at radius 1 is 1.11 bits per heavy atom. The van der Waals surface area contributed by atoms with E-state index in [1.807, 2.05) is 55.5 Å². The fourth-order valence-electron chi connectivity index (χ4n) is 2.93. The third kappa shape index (κ3) is 6.79. The summed E-state index contributed by atoms with van der Waals surface area (Å²) < 4.78 is 0.955. The van der Waals surface area contributed by atoms with Gasteiger partial charge in [-0.3, -0.25) is 9.59 Å². The van der Waals surface area contributed by atoms with Crippen LogP contribution >= 0.6 is 15.9 Å². The van der Waals surface area contributed by atoms with Gasteiger partial charge < -0.3 is 10.2 Å². The average Bonchev–Trinajstić information content (AvgIpc) is 2.67. The summed E-state index contributed by atoms with van der Waals surface area (Å²) in [5.74, 6) is -0.164. The van der Waals surface area contributed by atoms with Gasteiger partial charge in [-0.15, -0.1) is 0 Å². The van der Waals surface area contributed by atoms with Gasteiger partial charge in [0.15, 0.2) is 0 Å². The zero-order chi connectivity index (χ0) is 20.5. The minimum atomic E-state index is -0.534. The highest BCUT2D eigenvalue weighted by atomic mass is 79.9. The first-order valence-corrected chi connectivity index (χ1v) is 10.6. The van der Waals surface area contributed by atoms with Gasteiger partial charge in [0, 0.05) is 17.6 Å². The van der Waals surface area contributed by atoms with E-state index in [0.717, 1.165) is 34.0 Å². The molecule has 0 aromatic heterocycles. The van der Waals surface area contributed by atoms with Gasteiger partial charge >= 0.3 is 0 Å². The van der Waals surface area contributed by atoms with Gasteiger partial charge in [0.2, 0.25) is 11.8 Å². The fraction of sp³-hybridized carbons (Fsp3) is 0.391. The van der Waals surface area contributed by atoms with Crippen LogP contribution in [0.3, 0.4) is 0 Å². The molecule has 0 spiro atoms. The molecule has 2 amide bonds. The number of hydrogen-bond donors (Lipinski definition) is 1. The van der Waals surface area contributed by atoms with Crippen molar-refractivity contribution in [3.63, 3.8) is 0 Å². The monoisotopic (exact) mass is 444 g/mol. The molecule has 1 N–H and O–H groups in total. The second-order valence-corrected chi connectivity index (χ2v) is 8.05. The maximum absolute atomic E-state index is 13.1. The first-order chi connectivity index (χ1) is 13.4. The molecule has 2 aromatic carbocycles. The second-order valence-electron chi connectivity index (χ2n) is 7.13. The summed E-state index contributed by atoms with van der Waals surface area (Å²) in [4.78, 5) is 27.4. The number of rotatable bonds is 9. The summed E-state index contributed by atoms with van der Waals surface area (Å²) in [7, 11) is 0. The summed E-state index contributed by atoms with van der Waals surface area (Å²) in [5, 5.41) is 2.95. The van der Waals surface area contributed by atoms with Gasteiger partial charge in [0.1, 0.15) is 6.04 Å². The first-order valence-electron chi connectivity index (χ1n) is 9.78. The van der Waals surface area contributed by atoms with E-state index in [0.29, 0.717) is 13.1 Å². The van der Waals surface area contributed by atoms with Crippen LogP contribution in [0.2, 0.25) is 0 Å². The van der Waals surface area contributed by atoms with Crippen LogP contribution in [-0.2, 0) is 22.6 Å². The number of carbonyl (C=O) groups is 2.